The molecule has 0 fully saturated rings. The van der Waals surface area contributed by atoms with E-state index in [0.29, 0.717) is 0 Å². The number of sulfone groups is 1. The molecule has 0 aliphatic rings. The lowest BCUT2D eigenvalue weighted by Gasteiger charge is -2.24. The lowest BCUT2D eigenvalue weighted by molar-refractivity contribution is -0.131. The molecule has 0 saturated heterocycles. The number of aromatic nitrogens is 2. The zero-order valence-electron chi connectivity index (χ0n) is 12.9. The molecule has 1 amide bonds. The molecule has 2 N–H and O–H groups in total. The molecule has 8 heteroatoms. The first kappa shape index (κ1) is 17.2. The average Bonchev–Trinajstić information content (AvgIpc) is 3.00. The van der Waals surface area contributed by atoms with E-state index in [1.807, 2.05) is 30.3 Å². The van der Waals surface area contributed by atoms with Gasteiger partial charge in [0.15, 0.2) is 14.6 Å². The van der Waals surface area contributed by atoms with Crippen molar-refractivity contribution in [3.8, 4) is 11.1 Å². The number of rotatable bonds is 6. The zero-order chi connectivity index (χ0) is 17.1. The Kier molecular flexibility index (Phi) is 4.86. The van der Waals surface area contributed by atoms with Gasteiger partial charge < -0.3 is 0 Å². The monoisotopic (exact) mass is 337 g/mol. The summed E-state index contributed by atoms with van der Waals surface area (Å²) in [7, 11) is -3.70. The number of hydrogen-bond acceptors (Lipinski definition) is 5. The van der Waals surface area contributed by atoms with Gasteiger partial charge in [0.25, 0.3) is 5.91 Å². The van der Waals surface area contributed by atoms with Gasteiger partial charge in [0.2, 0.25) is 0 Å². The van der Waals surface area contributed by atoms with E-state index in [-0.39, 0.29) is 13.0 Å². The molecule has 1 heterocycles. The fraction of sp³-hybridized carbons (Fsp3) is 0.333. The zero-order valence-corrected chi connectivity index (χ0v) is 13.7. The number of amides is 1. The molecule has 23 heavy (non-hydrogen) atoms. The summed E-state index contributed by atoms with van der Waals surface area (Å²) < 4.78 is 23.7. The SMILES string of the molecule is C[C@@](CCn1cc(-c2ccccc2)cn1)(C(=O)NO)S(C)(=O)=O. The van der Waals surface area contributed by atoms with Crippen molar-refractivity contribution in [2.75, 3.05) is 6.26 Å². The third-order valence-electron chi connectivity index (χ3n) is 3.96. The van der Waals surface area contributed by atoms with Crippen molar-refractivity contribution in [3.05, 3.63) is 42.7 Å². The van der Waals surface area contributed by atoms with Crippen LogP contribution in [0, 0.1) is 0 Å². The van der Waals surface area contributed by atoms with Crippen LogP contribution in [0.2, 0.25) is 0 Å². The summed E-state index contributed by atoms with van der Waals surface area (Å²) in [6, 6.07) is 9.64. The van der Waals surface area contributed by atoms with E-state index < -0.39 is 20.5 Å². The van der Waals surface area contributed by atoms with Crippen LogP contribution in [-0.2, 0) is 21.2 Å². The fourth-order valence-corrected chi connectivity index (χ4v) is 3.02. The van der Waals surface area contributed by atoms with E-state index in [2.05, 4.69) is 5.10 Å². The molecular weight excluding hydrogens is 318 g/mol. The van der Waals surface area contributed by atoms with E-state index in [1.54, 1.807) is 17.1 Å². The predicted molar refractivity (Wildman–Crippen MR) is 85.5 cm³/mol. The largest absolute Gasteiger partial charge is 0.289 e. The Hall–Kier alpha value is -2.19. The summed E-state index contributed by atoms with van der Waals surface area (Å²) in [6.45, 7) is 1.51. The quantitative estimate of drug-likeness (QED) is 0.610. The molecule has 7 nitrogen and oxygen atoms in total. The smallest absolute Gasteiger partial charge is 0.264 e. The van der Waals surface area contributed by atoms with Crippen LogP contribution in [0.25, 0.3) is 11.1 Å². The molecule has 0 saturated carbocycles. The second-order valence-electron chi connectivity index (χ2n) is 5.55. The molecule has 0 bridgehead atoms. The lowest BCUT2D eigenvalue weighted by Crippen LogP contribution is -2.49. The maximum Gasteiger partial charge on any atom is 0.264 e. The van der Waals surface area contributed by atoms with Crippen LogP contribution in [0.1, 0.15) is 13.3 Å². The topological polar surface area (TPSA) is 101 Å². The minimum Gasteiger partial charge on any atom is -0.289 e. The highest BCUT2D eigenvalue weighted by Crippen LogP contribution is 2.23. The molecule has 0 aliphatic heterocycles. The van der Waals surface area contributed by atoms with Crippen LogP contribution in [0.5, 0.6) is 0 Å². The first-order valence-electron chi connectivity index (χ1n) is 7.00. The first-order chi connectivity index (χ1) is 10.8. The third kappa shape index (κ3) is 3.59. The lowest BCUT2D eigenvalue weighted by atomic mass is 10.1. The van der Waals surface area contributed by atoms with Crippen molar-refractivity contribution in [2.45, 2.75) is 24.6 Å². The van der Waals surface area contributed by atoms with Crippen molar-refractivity contribution in [1.29, 1.82) is 0 Å². The predicted octanol–water partition coefficient (Wildman–Crippen LogP) is 1.25. The van der Waals surface area contributed by atoms with Crippen molar-refractivity contribution in [2.24, 2.45) is 0 Å². The highest BCUT2D eigenvalue weighted by molar-refractivity contribution is 7.92. The number of carbonyl (C=O) groups excluding carboxylic acids is 1. The van der Waals surface area contributed by atoms with E-state index >= 15 is 0 Å². The van der Waals surface area contributed by atoms with Gasteiger partial charge in [-0.15, -0.1) is 0 Å². The van der Waals surface area contributed by atoms with Gasteiger partial charge in [-0.1, -0.05) is 30.3 Å². The molecule has 0 radical (unpaired) electrons. The highest BCUT2D eigenvalue weighted by Gasteiger charge is 2.43. The Balaban J connectivity index is 2.17. The fourth-order valence-electron chi connectivity index (χ4n) is 2.18. The van der Waals surface area contributed by atoms with Crippen molar-refractivity contribution in [1.82, 2.24) is 15.3 Å². The van der Waals surface area contributed by atoms with Crippen LogP contribution in [-0.4, -0.2) is 40.3 Å². The number of aryl methyl sites for hydroxylation is 1. The number of carbonyl (C=O) groups is 1. The Morgan fingerprint density at radius 2 is 1.96 bits per heavy atom. The van der Waals surface area contributed by atoms with Gasteiger partial charge in [-0.25, -0.2) is 13.9 Å². The standard InChI is InChI=1S/C15H19N3O4S/c1-15(14(19)17-20,23(2,21)22)8-9-18-11-13(10-16-18)12-6-4-3-5-7-12/h3-7,10-11,20H,8-9H2,1-2H3,(H,17,19)/t15-/m1/s1. The molecular formula is C15H19N3O4S. The number of hydrogen-bond donors (Lipinski definition) is 2. The van der Waals surface area contributed by atoms with Gasteiger partial charge in [-0.05, 0) is 18.9 Å². The van der Waals surface area contributed by atoms with Crippen molar-refractivity contribution in [3.63, 3.8) is 0 Å². The number of nitrogens with one attached hydrogen (secondary N) is 1. The molecule has 0 aliphatic carbocycles. The summed E-state index contributed by atoms with van der Waals surface area (Å²) >= 11 is 0. The number of hydroxylamine groups is 1. The number of nitrogens with zero attached hydrogens (tertiary/aromatic N) is 2. The van der Waals surface area contributed by atoms with Gasteiger partial charge in [0.1, 0.15) is 0 Å². The Morgan fingerprint density at radius 3 is 2.52 bits per heavy atom. The minimum atomic E-state index is -3.70. The summed E-state index contributed by atoms with van der Waals surface area (Å²) in [4.78, 5) is 11.8. The summed E-state index contributed by atoms with van der Waals surface area (Å²) in [5.74, 6) is -0.949. The van der Waals surface area contributed by atoms with Gasteiger partial charge in [-0.2, -0.15) is 5.10 Å². The van der Waals surface area contributed by atoms with E-state index in [0.717, 1.165) is 17.4 Å². The van der Waals surface area contributed by atoms with Crippen LogP contribution in [0.15, 0.2) is 42.7 Å². The van der Waals surface area contributed by atoms with E-state index in [1.165, 1.54) is 12.4 Å². The van der Waals surface area contributed by atoms with Crippen LogP contribution >= 0.6 is 0 Å². The van der Waals surface area contributed by atoms with Crippen LogP contribution in [0.4, 0.5) is 0 Å². The normalized spacial score (nSPS) is 14.2. The molecule has 0 unspecified atom stereocenters. The maximum atomic E-state index is 11.9. The summed E-state index contributed by atoms with van der Waals surface area (Å²) in [6.07, 6.45) is 4.43. The van der Waals surface area contributed by atoms with Crippen molar-refractivity contribution < 1.29 is 18.4 Å². The van der Waals surface area contributed by atoms with E-state index in [9.17, 15) is 13.2 Å². The summed E-state index contributed by atoms with van der Waals surface area (Å²) in [5.41, 5.74) is 3.33. The third-order valence-corrected chi connectivity index (χ3v) is 5.98. The maximum absolute atomic E-state index is 11.9. The second kappa shape index (κ2) is 6.51. The Bertz CT molecular complexity index is 786. The highest BCUT2D eigenvalue weighted by atomic mass is 32.2. The Morgan fingerprint density at radius 1 is 1.30 bits per heavy atom. The van der Waals surface area contributed by atoms with E-state index in [4.69, 9.17) is 5.21 Å². The molecule has 1 atom stereocenters. The van der Waals surface area contributed by atoms with Crippen molar-refractivity contribution >= 4 is 15.7 Å². The first-order valence-corrected chi connectivity index (χ1v) is 8.89. The Labute approximate surface area is 134 Å². The number of benzene rings is 1. The van der Waals surface area contributed by atoms with Gasteiger partial charge in [-0.3, -0.25) is 14.7 Å². The minimum absolute atomic E-state index is 0.00582. The molecule has 2 aromatic rings. The molecule has 2 rings (SSSR count). The molecule has 1 aromatic heterocycles. The van der Waals surface area contributed by atoms with Gasteiger partial charge in [0, 0.05) is 24.6 Å². The van der Waals surface area contributed by atoms with Gasteiger partial charge >= 0.3 is 0 Å². The van der Waals surface area contributed by atoms with Gasteiger partial charge in [0.05, 0.1) is 6.20 Å². The molecule has 124 valence electrons. The van der Waals surface area contributed by atoms with Crippen LogP contribution in [0.3, 0.4) is 0 Å². The average molecular weight is 337 g/mol. The second-order valence-corrected chi connectivity index (χ2v) is 8.00. The molecule has 1 aromatic carbocycles. The summed E-state index contributed by atoms with van der Waals surface area (Å²) in [5, 5.41) is 13.0. The van der Waals surface area contributed by atoms with Crippen LogP contribution < -0.4 is 5.48 Å². The molecule has 0 spiro atoms.